The minimum absolute atomic E-state index is 0. The van der Waals surface area contributed by atoms with E-state index in [-0.39, 0.29) is 20.1 Å². The fourth-order valence-corrected chi connectivity index (χ4v) is 8.45. The number of benzene rings is 8. The summed E-state index contributed by atoms with van der Waals surface area (Å²) >= 11 is 0. The number of rotatable bonds is 6. The Balaban J connectivity index is 0.00000396. The predicted molar refractivity (Wildman–Crippen MR) is 233 cm³/mol. The maximum absolute atomic E-state index is 4.63. The van der Waals surface area contributed by atoms with Crippen molar-refractivity contribution >= 4 is 43.6 Å². The van der Waals surface area contributed by atoms with E-state index in [1.807, 2.05) is 30.5 Å². The minimum atomic E-state index is 0. The van der Waals surface area contributed by atoms with Crippen molar-refractivity contribution in [3.05, 3.63) is 212 Å². The number of hydrogen-bond donors (Lipinski definition) is 0. The summed E-state index contributed by atoms with van der Waals surface area (Å²) in [5, 5.41) is 4.88. The molecular formula is C53H34IrN3-. The van der Waals surface area contributed by atoms with Crippen LogP contribution in [0, 0.1) is 6.07 Å². The summed E-state index contributed by atoms with van der Waals surface area (Å²) in [6.45, 7) is 0. The third-order valence-corrected chi connectivity index (χ3v) is 11.0. The summed E-state index contributed by atoms with van der Waals surface area (Å²) in [6, 6.07) is 75.4. The van der Waals surface area contributed by atoms with Crippen molar-refractivity contribution in [1.29, 1.82) is 0 Å². The molecule has 0 aliphatic rings. The molecule has 0 bridgehead atoms. The number of hydrogen-bond acceptors (Lipinski definition) is 1. The van der Waals surface area contributed by atoms with Crippen LogP contribution in [0.15, 0.2) is 206 Å². The van der Waals surface area contributed by atoms with Crippen molar-refractivity contribution in [2.24, 2.45) is 0 Å². The van der Waals surface area contributed by atoms with Crippen molar-refractivity contribution < 1.29 is 20.1 Å². The van der Waals surface area contributed by atoms with E-state index in [0.717, 1.165) is 39.2 Å². The summed E-state index contributed by atoms with van der Waals surface area (Å²) in [5.41, 5.74) is 15.9. The molecule has 0 amide bonds. The summed E-state index contributed by atoms with van der Waals surface area (Å²) in [5.74, 6) is 0. The number of fused-ring (bicyclic) bond motifs is 6. The Morgan fingerprint density at radius 1 is 0.351 bits per heavy atom. The Kier molecular flexibility index (Phi) is 8.72. The molecule has 271 valence electrons. The van der Waals surface area contributed by atoms with Crippen LogP contribution < -0.4 is 0 Å². The summed E-state index contributed by atoms with van der Waals surface area (Å²) < 4.78 is 4.81. The van der Waals surface area contributed by atoms with E-state index in [4.69, 9.17) is 0 Å². The predicted octanol–water partition coefficient (Wildman–Crippen LogP) is 13.7. The van der Waals surface area contributed by atoms with Crippen molar-refractivity contribution in [3.8, 4) is 56.0 Å². The zero-order chi connectivity index (χ0) is 37.0. The van der Waals surface area contributed by atoms with Crippen LogP contribution in [0.5, 0.6) is 0 Å². The molecule has 3 nitrogen and oxygen atoms in total. The van der Waals surface area contributed by atoms with E-state index in [0.29, 0.717) is 0 Å². The fraction of sp³-hybridized carbons (Fsp3) is 0. The monoisotopic (exact) mass is 905 g/mol. The van der Waals surface area contributed by atoms with Crippen molar-refractivity contribution in [2.45, 2.75) is 0 Å². The zero-order valence-corrected chi connectivity index (χ0v) is 33.2. The van der Waals surface area contributed by atoms with E-state index < -0.39 is 0 Å². The van der Waals surface area contributed by atoms with Gasteiger partial charge in [0.1, 0.15) is 0 Å². The zero-order valence-electron chi connectivity index (χ0n) is 30.8. The van der Waals surface area contributed by atoms with E-state index in [1.54, 1.807) is 0 Å². The average molecular weight is 905 g/mol. The molecule has 3 heterocycles. The maximum atomic E-state index is 4.63. The van der Waals surface area contributed by atoms with E-state index in [9.17, 15) is 0 Å². The van der Waals surface area contributed by atoms with E-state index in [1.165, 1.54) is 60.4 Å². The number of nitrogens with zero attached hydrogens (tertiary/aromatic N) is 3. The van der Waals surface area contributed by atoms with Gasteiger partial charge in [0.25, 0.3) is 0 Å². The molecule has 0 atom stereocenters. The van der Waals surface area contributed by atoms with Gasteiger partial charge in [0, 0.05) is 53.5 Å². The third kappa shape index (κ3) is 5.98. The van der Waals surface area contributed by atoms with Gasteiger partial charge in [0.2, 0.25) is 0 Å². The van der Waals surface area contributed by atoms with Gasteiger partial charge in [-0.25, -0.2) is 0 Å². The average Bonchev–Trinajstić information content (AvgIpc) is 3.78. The molecule has 0 saturated carbocycles. The summed E-state index contributed by atoms with van der Waals surface area (Å²) in [6.07, 6.45) is 1.84. The van der Waals surface area contributed by atoms with Gasteiger partial charge < -0.3 is 14.1 Å². The molecule has 8 aromatic carbocycles. The number of aromatic nitrogens is 3. The first-order valence-electron chi connectivity index (χ1n) is 19.0. The van der Waals surface area contributed by atoms with Gasteiger partial charge in [-0.2, -0.15) is 0 Å². The topological polar surface area (TPSA) is 22.8 Å². The van der Waals surface area contributed by atoms with Crippen LogP contribution in [-0.2, 0) is 20.1 Å². The van der Waals surface area contributed by atoms with Crippen molar-refractivity contribution in [1.82, 2.24) is 14.1 Å². The van der Waals surface area contributed by atoms with Crippen LogP contribution in [0.2, 0.25) is 0 Å². The number of pyridine rings is 1. The molecule has 0 aliphatic heterocycles. The van der Waals surface area contributed by atoms with Crippen molar-refractivity contribution in [2.75, 3.05) is 0 Å². The molecule has 4 heteroatoms. The summed E-state index contributed by atoms with van der Waals surface area (Å²) in [7, 11) is 0. The normalized spacial score (nSPS) is 11.4. The van der Waals surface area contributed by atoms with Crippen LogP contribution in [0.25, 0.3) is 99.6 Å². The molecule has 0 unspecified atom stereocenters. The largest absolute Gasteiger partial charge is 0.327 e. The second kappa shape index (κ2) is 14.3. The first kappa shape index (κ1) is 34.6. The van der Waals surface area contributed by atoms with Gasteiger partial charge in [0.05, 0.1) is 22.1 Å². The molecule has 3 aromatic heterocycles. The SMILES string of the molecule is [Ir].[c-]1ccc(-n2c3ccccc3c3cc4c5cc(-c6cc(-c7ccccc7)cc(-c7ccccc7)c6)ccc5n(-c5ccccc5)c4cc32)cc1-c1ccccn1. The van der Waals surface area contributed by atoms with Gasteiger partial charge in [-0.15, -0.1) is 29.8 Å². The van der Waals surface area contributed by atoms with Gasteiger partial charge in [-0.05, 0) is 111 Å². The smallest absolute Gasteiger partial charge is 0.0562 e. The molecule has 0 saturated heterocycles. The van der Waals surface area contributed by atoms with Crippen molar-refractivity contribution in [3.63, 3.8) is 0 Å². The fourth-order valence-electron chi connectivity index (χ4n) is 8.45. The summed E-state index contributed by atoms with van der Waals surface area (Å²) in [4.78, 5) is 4.63. The molecule has 1 radical (unpaired) electrons. The van der Waals surface area contributed by atoms with Gasteiger partial charge in [0.15, 0.2) is 0 Å². The Morgan fingerprint density at radius 3 is 1.60 bits per heavy atom. The Bertz CT molecular complexity index is 3160. The molecule has 11 aromatic rings. The first-order chi connectivity index (χ1) is 27.8. The Labute approximate surface area is 344 Å². The van der Waals surface area contributed by atoms with Crippen LogP contribution in [-0.4, -0.2) is 14.1 Å². The van der Waals surface area contributed by atoms with E-state index >= 15 is 0 Å². The van der Waals surface area contributed by atoms with Crippen LogP contribution >= 0.6 is 0 Å². The quantitative estimate of drug-likeness (QED) is 0.152. The molecule has 0 spiro atoms. The standard InChI is InChI=1S/C53H34N3.Ir/c1-4-15-36(16-5-1)40-29-41(37-17-6-2-7-18-37)31-42(30-40)38-26-27-51-46(33-38)48-34-47-45-23-10-11-25-50(45)56(44-22-14-19-39(32-44)49-24-12-13-28-54-49)52(47)35-53(48)55(51)43-20-8-3-9-21-43;/h1-18,20-35H;/q-1;. The Hall–Kier alpha value is -6.84. The Morgan fingerprint density at radius 2 is 0.912 bits per heavy atom. The molecule has 0 aliphatic carbocycles. The minimum Gasteiger partial charge on any atom is -0.327 e. The van der Waals surface area contributed by atoms with Crippen LogP contribution in [0.4, 0.5) is 0 Å². The first-order valence-corrected chi connectivity index (χ1v) is 19.0. The van der Waals surface area contributed by atoms with Crippen LogP contribution in [0.3, 0.4) is 0 Å². The van der Waals surface area contributed by atoms with Gasteiger partial charge >= 0.3 is 0 Å². The van der Waals surface area contributed by atoms with Gasteiger partial charge in [-0.1, -0.05) is 115 Å². The van der Waals surface area contributed by atoms with E-state index in [2.05, 4.69) is 196 Å². The molecule has 0 fully saturated rings. The molecule has 0 N–H and O–H groups in total. The molecule has 57 heavy (non-hydrogen) atoms. The van der Waals surface area contributed by atoms with Crippen LogP contribution in [0.1, 0.15) is 0 Å². The third-order valence-electron chi connectivity index (χ3n) is 11.0. The molecule has 11 rings (SSSR count). The second-order valence-electron chi connectivity index (χ2n) is 14.3. The maximum Gasteiger partial charge on any atom is 0.0562 e. The van der Waals surface area contributed by atoms with Gasteiger partial charge in [-0.3, -0.25) is 0 Å². The molecular weight excluding hydrogens is 871 g/mol. The number of para-hydroxylation sites is 2. The second-order valence-corrected chi connectivity index (χ2v) is 14.3.